The maximum atomic E-state index is 10.0. The van der Waals surface area contributed by atoms with E-state index >= 15 is 0 Å². The highest BCUT2D eigenvalue weighted by Gasteiger charge is 2.35. The summed E-state index contributed by atoms with van der Waals surface area (Å²) in [6.45, 7) is 0.388. The first-order valence-electron chi connectivity index (χ1n) is 10.2. The van der Waals surface area contributed by atoms with Gasteiger partial charge in [-0.2, -0.15) is 10.5 Å². The molecule has 6 rings (SSSR count). The molecule has 2 atom stereocenters. The molecule has 3 aromatic carbocycles. The van der Waals surface area contributed by atoms with Crippen LogP contribution in [0.5, 0.6) is 23.0 Å². The van der Waals surface area contributed by atoms with Crippen molar-refractivity contribution in [1.29, 1.82) is 10.5 Å². The summed E-state index contributed by atoms with van der Waals surface area (Å²) in [5.74, 6) is 1.75. The maximum absolute atomic E-state index is 10.0. The van der Waals surface area contributed by atoms with Gasteiger partial charge in [-0.1, -0.05) is 30.4 Å². The van der Waals surface area contributed by atoms with Gasteiger partial charge >= 0.3 is 0 Å². The van der Waals surface area contributed by atoms with Gasteiger partial charge < -0.3 is 18.9 Å². The Hall–Kier alpha value is -4.42. The van der Waals surface area contributed by atoms with E-state index in [4.69, 9.17) is 18.9 Å². The smallest absolute Gasteiger partial charge is 0.231 e. The van der Waals surface area contributed by atoms with Gasteiger partial charge in [-0.05, 0) is 63.7 Å². The first-order valence-corrected chi connectivity index (χ1v) is 10.2. The highest BCUT2D eigenvalue weighted by atomic mass is 16.7. The van der Waals surface area contributed by atoms with Gasteiger partial charge in [-0.15, -0.1) is 0 Å². The molecule has 0 bridgehead atoms. The quantitative estimate of drug-likeness (QED) is 0.546. The fraction of sp³-hybridized carbons (Fsp3) is 0.154. The third-order valence-corrected chi connectivity index (χ3v) is 6.06. The number of ether oxygens (including phenoxy) is 4. The van der Waals surface area contributed by atoms with Crippen molar-refractivity contribution < 1.29 is 18.9 Å². The topological polar surface area (TPSA) is 84.5 Å². The van der Waals surface area contributed by atoms with Crippen molar-refractivity contribution in [3.8, 4) is 35.1 Å². The van der Waals surface area contributed by atoms with Gasteiger partial charge in [0.1, 0.15) is 0 Å². The molecule has 32 heavy (non-hydrogen) atoms. The minimum absolute atomic E-state index is 0.147. The van der Waals surface area contributed by atoms with Crippen molar-refractivity contribution in [2.24, 2.45) is 0 Å². The van der Waals surface area contributed by atoms with Crippen molar-refractivity contribution in [3.05, 3.63) is 81.9 Å². The minimum atomic E-state index is -0.488. The highest BCUT2D eigenvalue weighted by Crippen LogP contribution is 2.48. The van der Waals surface area contributed by atoms with Crippen LogP contribution < -0.4 is 18.9 Å². The number of hydrogen-bond donors (Lipinski definition) is 0. The summed E-state index contributed by atoms with van der Waals surface area (Å²) in [4.78, 5) is 0. The molecule has 0 radical (unpaired) electrons. The lowest BCUT2D eigenvalue weighted by molar-refractivity contribution is 0.173. The maximum Gasteiger partial charge on any atom is 0.231 e. The molecule has 3 aromatic rings. The van der Waals surface area contributed by atoms with Crippen LogP contribution in [0.2, 0.25) is 0 Å². The Labute approximate surface area is 184 Å². The van der Waals surface area contributed by atoms with Crippen molar-refractivity contribution in [2.45, 2.75) is 11.8 Å². The number of rotatable bonds is 2. The van der Waals surface area contributed by atoms with Crippen LogP contribution in [0.25, 0.3) is 12.2 Å². The molecule has 3 aliphatic rings. The molecule has 0 amide bonds. The second-order valence-electron chi connectivity index (χ2n) is 7.79. The lowest BCUT2D eigenvalue weighted by Crippen LogP contribution is -2.17. The molecular formula is C26H16N2O4. The largest absolute Gasteiger partial charge is 0.454 e. The third-order valence-electron chi connectivity index (χ3n) is 6.06. The summed E-state index contributed by atoms with van der Waals surface area (Å²) in [6.07, 6.45) is 3.98. The Morgan fingerprint density at radius 2 is 1.09 bits per heavy atom. The molecule has 0 spiro atoms. The molecule has 6 nitrogen and oxygen atoms in total. The van der Waals surface area contributed by atoms with Crippen LogP contribution in [0.15, 0.2) is 48.5 Å². The van der Waals surface area contributed by atoms with Crippen LogP contribution in [0.1, 0.15) is 45.2 Å². The predicted octanol–water partition coefficient (Wildman–Crippen LogP) is 4.94. The van der Waals surface area contributed by atoms with Gasteiger partial charge in [0.05, 0.1) is 24.0 Å². The van der Waals surface area contributed by atoms with E-state index in [0.29, 0.717) is 11.5 Å². The van der Waals surface area contributed by atoms with E-state index in [1.54, 1.807) is 0 Å². The monoisotopic (exact) mass is 420 g/mol. The first-order chi connectivity index (χ1) is 15.7. The molecule has 2 heterocycles. The van der Waals surface area contributed by atoms with E-state index < -0.39 is 11.8 Å². The average Bonchev–Trinajstić information content (AvgIpc) is 3.48. The Bertz CT molecular complexity index is 1380. The molecular weight excluding hydrogens is 404 g/mol. The lowest BCUT2D eigenvalue weighted by atomic mass is 9.73. The third kappa shape index (κ3) is 2.78. The summed E-state index contributed by atoms with van der Waals surface area (Å²) in [5.41, 5.74) is 5.23. The van der Waals surface area contributed by atoms with E-state index in [1.165, 1.54) is 0 Å². The van der Waals surface area contributed by atoms with Gasteiger partial charge in [0.25, 0.3) is 0 Å². The number of nitriles is 2. The van der Waals surface area contributed by atoms with Gasteiger partial charge in [0, 0.05) is 0 Å². The summed E-state index contributed by atoms with van der Waals surface area (Å²) >= 11 is 0. The van der Waals surface area contributed by atoms with Gasteiger partial charge in [0.15, 0.2) is 23.0 Å². The molecule has 6 heteroatoms. The lowest BCUT2D eigenvalue weighted by Gasteiger charge is -2.28. The van der Waals surface area contributed by atoms with Crippen LogP contribution in [-0.4, -0.2) is 13.6 Å². The number of nitrogens with zero attached hydrogens (tertiary/aromatic N) is 2. The van der Waals surface area contributed by atoms with Crippen molar-refractivity contribution in [1.82, 2.24) is 0 Å². The molecule has 0 saturated carbocycles. The SMILES string of the molecule is N#CC1c2ccc(C=Cc3ccc4c(c3)OCO4)cc2C(C#N)c2cc3c(cc21)OCO3. The second kappa shape index (κ2) is 7.08. The van der Waals surface area contributed by atoms with Crippen LogP contribution in [-0.2, 0) is 0 Å². The molecule has 0 N–H and O–H groups in total. The van der Waals surface area contributed by atoms with Crippen LogP contribution >= 0.6 is 0 Å². The first kappa shape index (κ1) is 18.4. The fourth-order valence-electron chi connectivity index (χ4n) is 4.51. The Balaban J connectivity index is 1.40. The van der Waals surface area contributed by atoms with E-state index in [9.17, 15) is 10.5 Å². The highest BCUT2D eigenvalue weighted by molar-refractivity contribution is 5.73. The van der Waals surface area contributed by atoms with E-state index in [0.717, 1.165) is 44.9 Å². The normalized spacial score (nSPS) is 19.2. The Kier molecular flexibility index (Phi) is 4.06. The standard InChI is InChI=1S/C26H16N2O4/c27-11-21-17-5-3-15(1-2-16-4-6-23-24(8-16)30-13-29-23)7-18(17)22(12-28)20-10-26-25(9-19(20)21)31-14-32-26/h1-10,21-22H,13-14H2. The molecule has 0 aromatic heterocycles. The van der Waals surface area contributed by atoms with Crippen LogP contribution in [0, 0.1) is 22.7 Å². The summed E-state index contributed by atoms with van der Waals surface area (Å²) in [6, 6.07) is 20.2. The second-order valence-corrected chi connectivity index (χ2v) is 7.79. The Morgan fingerprint density at radius 1 is 0.594 bits per heavy atom. The Morgan fingerprint density at radius 3 is 1.75 bits per heavy atom. The van der Waals surface area contributed by atoms with Gasteiger partial charge in [-0.3, -0.25) is 0 Å². The summed E-state index contributed by atoms with van der Waals surface area (Å²) in [5, 5.41) is 20.0. The fourth-order valence-corrected chi connectivity index (χ4v) is 4.51. The number of benzene rings is 3. The van der Waals surface area contributed by atoms with E-state index in [-0.39, 0.29) is 13.6 Å². The van der Waals surface area contributed by atoms with Crippen LogP contribution in [0.4, 0.5) is 0 Å². The zero-order valence-electron chi connectivity index (χ0n) is 16.9. The minimum Gasteiger partial charge on any atom is -0.454 e. The van der Waals surface area contributed by atoms with Crippen molar-refractivity contribution in [2.75, 3.05) is 13.6 Å². The molecule has 0 fully saturated rings. The summed E-state index contributed by atoms with van der Waals surface area (Å²) < 4.78 is 21.8. The molecule has 0 saturated heterocycles. The van der Waals surface area contributed by atoms with Crippen molar-refractivity contribution in [3.63, 3.8) is 0 Å². The van der Waals surface area contributed by atoms with E-state index in [1.807, 2.05) is 60.7 Å². The molecule has 154 valence electrons. The van der Waals surface area contributed by atoms with Crippen molar-refractivity contribution >= 4 is 12.2 Å². The van der Waals surface area contributed by atoms with Crippen LogP contribution in [0.3, 0.4) is 0 Å². The zero-order chi connectivity index (χ0) is 21.7. The van der Waals surface area contributed by atoms with Gasteiger partial charge in [-0.25, -0.2) is 0 Å². The van der Waals surface area contributed by atoms with Gasteiger partial charge in [0.2, 0.25) is 13.6 Å². The predicted molar refractivity (Wildman–Crippen MR) is 115 cm³/mol. The summed E-state index contributed by atoms with van der Waals surface area (Å²) in [7, 11) is 0. The number of hydrogen-bond acceptors (Lipinski definition) is 6. The molecule has 2 aliphatic heterocycles. The molecule has 1 aliphatic carbocycles. The number of fused-ring (bicyclic) bond motifs is 4. The molecule has 2 unspecified atom stereocenters. The van der Waals surface area contributed by atoms with E-state index in [2.05, 4.69) is 12.1 Å². The zero-order valence-corrected chi connectivity index (χ0v) is 16.9. The average molecular weight is 420 g/mol.